The van der Waals surface area contributed by atoms with E-state index in [1.165, 1.54) is 0 Å². The van der Waals surface area contributed by atoms with Crippen molar-refractivity contribution in [2.75, 3.05) is 0 Å². The highest BCUT2D eigenvalue weighted by Crippen LogP contribution is 2.34. The maximum absolute atomic E-state index is 5.86. The van der Waals surface area contributed by atoms with Gasteiger partial charge in [-0.05, 0) is 19.1 Å². The summed E-state index contributed by atoms with van der Waals surface area (Å²) in [6.45, 7) is 2.54. The highest BCUT2D eigenvalue weighted by Gasteiger charge is 2.09. The minimum atomic E-state index is 0.558. The molecule has 0 aliphatic heterocycles. The Kier molecular flexibility index (Phi) is 2.88. The molecule has 2 rings (SSSR count). The van der Waals surface area contributed by atoms with Gasteiger partial charge in [-0.2, -0.15) is 0 Å². The second kappa shape index (κ2) is 3.98. The molecule has 0 radical (unpaired) electrons. The maximum Gasteiger partial charge on any atom is 0.133 e. The molecule has 0 bridgehead atoms. The number of aryl methyl sites for hydroxylation is 1. The summed E-state index contributed by atoms with van der Waals surface area (Å²) in [5, 5.41) is 1.01. The topological polar surface area (TPSA) is 38.9 Å². The molecule has 5 heteroatoms. The lowest BCUT2D eigenvalue weighted by Crippen LogP contribution is -1.94. The number of nitrogens with two attached hydrogens (primary N) is 1. The molecule has 2 N–H and O–H groups in total. The molecule has 0 saturated heterocycles. The normalized spacial score (nSPS) is 10.8. The minimum Gasteiger partial charge on any atom is -0.326 e. The fourth-order valence-electron chi connectivity index (χ4n) is 1.15. The first-order valence-corrected chi connectivity index (χ1v) is 6.14. The van der Waals surface area contributed by atoms with Crippen molar-refractivity contribution in [2.24, 2.45) is 5.73 Å². The first-order valence-electron chi connectivity index (χ1n) is 4.13. The Morgan fingerprint density at radius 1 is 1.43 bits per heavy atom. The zero-order chi connectivity index (χ0) is 10.1. The van der Waals surface area contributed by atoms with Crippen LogP contribution in [0.1, 0.15) is 10.6 Å². The lowest BCUT2D eigenvalue weighted by molar-refractivity contribution is 1.06. The van der Waals surface area contributed by atoms with Crippen LogP contribution in [0, 0.1) is 6.92 Å². The van der Waals surface area contributed by atoms with Crippen LogP contribution in [-0.4, -0.2) is 4.98 Å². The first-order chi connectivity index (χ1) is 6.70. The van der Waals surface area contributed by atoms with Crippen molar-refractivity contribution in [3.8, 4) is 9.88 Å². The van der Waals surface area contributed by atoms with Crippen molar-refractivity contribution in [1.29, 1.82) is 0 Å². The average molecular weight is 245 g/mol. The molecule has 0 spiro atoms. The summed E-state index contributed by atoms with van der Waals surface area (Å²) in [5.41, 5.74) is 6.62. The predicted octanol–water partition coefficient (Wildman–Crippen LogP) is 3.29. The summed E-state index contributed by atoms with van der Waals surface area (Å²) in [4.78, 5) is 6.71. The summed E-state index contributed by atoms with van der Waals surface area (Å²) >= 11 is 9.05. The number of hydrogen-bond acceptors (Lipinski definition) is 4. The van der Waals surface area contributed by atoms with Crippen LogP contribution in [0.25, 0.3) is 9.88 Å². The molecule has 2 aromatic heterocycles. The van der Waals surface area contributed by atoms with Crippen LogP contribution in [0.3, 0.4) is 0 Å². The van der Waals surface area contributed by atoms with Crippen molar-refractivity contribution < 1.29 is 0 Å². The van der Waals surface area contributed by atoms with E-state index in [2.05, 4.69) is 4.98 Å². The van der Waals surface area contributed by atoms with Crippen molar-refractivity contribution in [3.05, 3.63) is 27.0 Å². The molecule has 0 aromatic carbocycles. The van der Waals surface area contributed by atoms with E-state index >= 15 is 0 Å². The van der Waals surface area contributed by atoms with Gasteiger partial charge < -0.3 is 5.73 Å². The van der Waals surface area contributed by atoms with Gasteiger partial charge in [0.05, 0.1) is 14.9 Å². The van der Waals surface area contributed by atoms with Gasteiger partial charge in [-0.3, -0.25) is 0 Å². The van der Waals surface area contributed by atoms with E-state index in [1.54, 1.807) is 22.7 Å². The molecule has 74 valence electrons. The van der Waals surface area contributed by atoms with Gasteiger partial charge in [0.2, 0.25) is 0 Å². The smallest absolute Gasteiger partial charge is 0.133 e. The van der Waals surface area contributed by atoms with Gasteiger partial charge in [0, 0.05) is 11.4 Å². The molecular weight excluding hydrogens is 236 g/mol. The predicted molar refractivity (Wildman–Crippen MR) is 63.1 cm³/mol. The Morgan fingerprint density at radius 3 is 2.71 bits per heavy atom. The molecule has 2 heterocycles. The van der Waals surface area contributed by atoms with Crippen molar-refractivity contribution >= 4 is 34.3 Å². The van der Waals surface area contributed by atoms with Crippen LogP contribution in [-0.2, 0) is 6.54 Å². The van der Waals surface area contributed by atoms with E-state index in [0.29, 0.717) is 6.54 Å². The van der Waals surface area contributed by atoms with Crippen LogP contribution in [0.15, 0.2) is 12.1 Å². The summed E-state index contributed by atoms with van der Waals surface area (Å²) in [6, 6.07) is 3.88. The van der Waals surface area contributed by atoms with Gasteiger partial charge in [-0.1, -0.05) is 11.6 Å². The molecule has 0 unspecified atom stereocenters. The highest BCUT2D eigenvalue weighted by atomic mass is 35.5. The van der Waals surface area contributed by atoms with Gasteiger partial charge in [0.25, 0.3) is 0 Å². The molecule has 0 aliphatic rings. The SMILES string of the molecule is Cc1nc(-c2ccc(Cl)s2)sc1CN. The Labute approximate surface area is 95.4 Å². The molecule has 2 nitrogen and oxygen atoms in total. The molecule has 0 aliphatic carbocycles. The van der Waals surface area contributed by atoms with Crippen molar-refractivity contribution in [2.45, 2.75) is 13.5 Å². The molecule has 2 aromatic rings. The van der Waals surface area contributed by atoms with E-state index < -0.39 is 0 Å². The molecule has 14 heavy (non-hydrogen) atoms. The molecule has 0 saturated carbocycles. The number of thiophene rings is 1. The van der Waals surface area contributed by atoms with E-state index in [0.717, 1.165) is 24.8 Å². The molecule has 0 fully saturated rings. The third kappa shape index (κ3) is 1.83. The van der Waals surface area contributed by atoms with Crippen molar-refractivity contribution in [1.82, 2.24) is 4.98 Å². The number of rotatable bonds is 2. The van der Waals surface area contributed by atoms with Gasteiger partial charge in [0.15, 0.2) is 0 Å². The summed E-state index contributed by atoms with van der Waals surface area (Å²) in [5.74, 6) is 0. The Balaban J connectivity index is 2.42. The van der Waals surface area contributed by atoms with Gasteiger partial charge in [-0.15, -0.1) is 22.7 Å². The molecule has 0 amide bonds. The number of aromatic nitrogens is 1. The fraction of sp³-hybridized carbons (Fsp3) is 0.222. The first kappa shape index (κ1) is 10.1. The maximum atomic E-state index is 5.86. The third-order valence-electron chi connectivity index (χ3n) is 1.86. The summed E-state index contributed by atoms with van der Waals surface area (Å²) in [6.07, 6.45) is 0. The van der Waals surface area contributed by atoms with Crippen LogP contribution in [0.4, 0.5) is 0 Å². The number of nitrogens with zero attached hydrogens (tertiary/aromatic N) is 1. The van der Waals surface area contributed by atoms with E-state index in [4.69, 9.17) is 17.3 Å². The largest absolute Gasteiger partial charge is 0.326 e. The second-order valence-corrected chi connectivity index (χ2v) is 5.63. The van der Waals surface area contributed by atoms with Gasteiger partial charge in [-0.25, -0.2) is 4.98 Å². The lowest BCUT2D eigenvalue weighted by atomic mass is 10.4. The zero-order valence-corrected chi connectivity index (χ0v) is 9.97. The number of halogens is 1. The number of thiazole rings is 1. The summed E-state index contributed by atoms with van der Waals surface area (Å²) < 4.78 is 0.794. The minimum absolute atomic E-state index is 0.558. The lowest BCUT2D eigenvalue weighted by Gasteiger charge is -1.86. The van der Waals surface area contributed by atoms with E-state index in [9.17, 15) is 0 Å². The standard InChI is InChI=1S/C9H9ClN2S2/c1-5-7(4-11)14-9(12-5)6-2-3-8(10)13-6/h2-3H,4,11H2,1H3. The van der Waals surface area contributed by atoms with Crippen LogP contribution < -0.4 is 5.73 Å². The average Bonchev–Trinajstić information content (AvgIpc) is 2.71. The third-order valence-corrected chi connectivity index (χ3v) is 4.44. The molecule has 0 atom stereocenters. The van der Waals surface area contributed by atoms with Crippen LogP contribution in [0.2, 0.25) is 4.34 Å². The van der Waals surface area contributed by atoms with E-state index in [1.807, 2.05) is 19.1 Å². The van der Waals surface area contributed by atoms with Gasteiger partial charge in [0.1, 0.15) is 5.01 Å². The Bertz CT molecular complexity index is 447. The highest BCUT2D eigenvalue weighted by molar-refractivity contribution is 7.23. The quantitative estimate of drug-likeness (QED) is 0.881. The summed E-state index contributed by atoms with van der Waals surface area (Å²) in [7, 11) is 0. The van der Waals surface area contributed by atoms with Crippen LogP contribution >= 0.6 is 34.3 Å². The van der Waals surface area contributed by atoms with Crippen molar-refractivity contribution in [3.63, 3.8) is 0 Å². The molecular formula is C9H9ClN2S2. The van der Waals surface area contributed by atoms with E-state index in [-0.39, 0.29) is 0 Å². The Hall–Kier alpha value is -0.420. The second-order valence-electron chi connectivity index (χ2n) is 2.84. The van der Waals surface area contributed by atoms with Gasteiger partial charge >= 0.3 is 0 Å². The monoisotopic (exact) mass is 244 g/mol. The fourth-order valence-corrected chi connectivity index (χ4v) is 3.19. The van der Waals surface area contributed by atoms with Crippen LogP contribution in [0.5, 0.6) is 0 Å². The number of hydrogen-bond donors (Lipinski definition) is 1. The Morgan fingerprint density at radius 2 is 2.21 bits per heavy atom. The zero-order valence-electron chi connectivity index (χ0n) is 7.58.